The fourth-order valence-electron chi connectivity index (χ4n) is 2.81. The van der Waals surface area contributed by atoms with Crippen molar-refractivity contribution in [2.45, 2.75) is 25.3 Å². The Morgan fingerprint density at radius 3 is 2.81 bits per heavy atom. The largest absolute Gasteiger partial charge is 0.381 e. The molecule has 1 aliphatic heterocycles. The molecule has 8 heteroatoms. The lowest BCUT2D eigenvalue weighted by Gasteiger charge is -2.33. The number of carbonyl (C=O) groups excluding carboxylic acids is 1. The molecule has 0 bridgehead atoms. The van der Waals surface area contributed by atoms with E-state index in [1.807, 2.05) is 31.2 Å². The Balaban J connectivity index is 1.78. The van der Waals surface area contributed by atoms with Gasteiger partial charge < -0.3 is 26.8 Å². The number of hydrogen-bond acceptors (Lipinski definition) is 7. The maximum absolute atomic E-state index is 11.7. The highest BCUT2D eigenvalue weighted by molar-refractivity contribution is 5.98. The SMILES string of the molecule is Cc1cccc(Nc2nc(NCC3(N)CCOCC3)ncc2C(N)=O)c1. The molecular weight excluding hydrogens is 332 g/mol. The van der Waals surface area contributed by atoms with E-state index in [-0.39, 0.29) is 11.1 Å². The van der Waals surface area contributed by atoms with Crippen LogP contribution in [-0.4, -0.2) is 41.2 Å². The standard InChI is InChI=1S/C18H24N6O2/c1-12-3-2-4-13(9-12)23-16-14(15(19)25)10-21-17(24-16)22-11-18(20)5-7-26-8-6-18/h2-4,9-10H,5-8,11,20H2,1H3,(H2,19,25)(H2,21,22,23,24). The number of amides is 1. The number of primary amides is 1. The predicted molar refractivity (Wildman–Crippen MR) is 100 cm³/mol. The summed E-state index contributed by atoms with van der Waals surface area (Å²) < 4.78 is 5.35. The summed E-state index contributed by atoms with van der Waals surface area (Å²) in [6.45, 7) is 3.82. The number of rotatable bonds is 6. The number of ether oxygens (including phenoxy) is 1. The van der Waals surface area contributed by atoms with E-state index in [0.29, 0.717) is 31.5 Å². The molecule has 0 aliphatic carbocycles. The summed E-state index contributed by atoms with van der Waals surface area (Å²) in [5.74, 6) is 0.159. The second-order valence-electron chi connectivity index (χ2n) is 6.64. The number of anilines is 3. The van der Waals surface area contributed by atoms with Gasteiger partial charge in [-0.1, -0.05) is 12.1 Å². The molecule has 0 atom stereocenters. The van der Waals surface area contributed by atoms with Gasteiger partial charge in [-0.2, -0.15) is 4.98 Å². The Kier molecular flexibility index (Phi) is 5.34. The van der Waals surface area contributed by atoms with Gasteiger partial charge >= 0.3 is 0 Å². The minimum absolute atomic E-state index is 0.227. The van der Waals surface area contributed by atoms with Crippen molar-refractivity contribution in [2.75, 3.05) is 30.4 Å². The Hall–Kier alpha value is -2.71. The lowest BCUT2D eigenvalue weighted by Crippen LogP contribution is -2.50. The summed E-state index contributed by atoms with van der Waals surface area (Å²) in [5.41, 5.74) is 13.6. The third-order valence-electron chi connectivity index (χ3n) is 4.42. The Morgan fingerprint density at radius 2 is 2.12 bits per heavy atom. The number of benzene rings is 1. The molecule has 26 heavy (non-hydrogen) atoms. The lowest BCUT2D eigenvalue weighted by atomic mass is 9.91. The summed E-state index contributed by atoms with van der Waals surface area (Å²) >= 11 is 0. The second kappa shape index (κ2) is 7.67. The van der Waals surface area contributed by atoms with Gasteiger partial charge in [-0.3, -0.25) is 4.79 Å². The minimum Gasteiger partial charge on any atom is -0.381 e. The van der Waals surface area contributed by atoms with Crippen molar-refractivity contribution < 1.29 is 9.53 Å². The van der Waals surface area contributed by atoms with Crippen LogP contribution in [0.3, 0.4) is 0 Å². The summed E-state index contributed by atoms with van der Waals surface area (Å²) in [6.07, 6.45) is 2.96. The molecule has 1 aromatic heterocycles. The first kappa shape index (κ1) is 18.1. The molecule has 0 saturated carbocycles. The quantitative estimate of drug-likeness (QED) is 0.618. The van der Waals surface area contributed by atoms with Crippen molar-refractivity contribution in [2.24, 2.45) is 11.5 Å². The van der Waals surface area contributed by atoms with Crippen LogP contribution in [0, 0.1) is 6.92 Å². The molecule has 1 aliphatic rings. The van der Waals surface area contributed by atoms with Gasteiger partial charge in [0.15, 0.2) is 0 Å². The third-order valence-corrected chi connectivity index (χ3v) is 4.42. The van der Waals surface area contributed by atoms with Crippen LogP contribution in [0.2, 0.25) is 0 Å². The van der Waals surface area contributed by atoms with Crippen molar-refractivity contribution in [1.29, 1.82) is 0 Å². The van der Waals surface area contributed by atoms with Gasteiger partial charge in [0, 0.05) is 37.2 Å². The number of nitrogens with one attached hydrogen (secondary N) is 2. The normalized spacial score (nSPS) is 16.1. The van der Waals surface area contributed by atoms with Gasteiger partial charge in [-0.15, -0.1) is 0 Å². The Bertz CT molecular complexity index is 789. The lowest BCUT2D eigenvalue weighted by molar-refractivity contribution is 0.0574. The van der Waals surface area contributed by atoms with E-state index in [0.717, 1.165) is 24.1 Å². The van der Waals surface area contributed by atoms with Crippen LogP contribution < -0.4 is 22.1 Å². The molecule has 0 spiro atoms. The molecule has 0 unspecified atom stereocenters. The molecule has 3 rings (SSSR count). The van der Waals surface area contributed by atoms with Crippen molar-refractivity contribution in [3.63, 3.8) is 0 Å². The van der Waals surface area contributed by atoms with Crippen molar-refractivity contribution in [1.82, 2.24) is 9.97 Å². The zero-order valence-corrected chi connectivity index (χ0v) is 14.8. The molecule has 138 valence electrons. The van der Waals surface area contributed by atoms with Gasteiger partial charge in [0.1, 0.15) is 11.4 Å². The highest BCUT2D eigenvalue weighted by Gasteiger charge is 2.28. The van der Waals surface area contributed by atoms with Crippen LogP contribution in [0.1, 0.15) is 28.8 Å². The molecule has 8 nitrogen and oxygen atoms in total. The van der Waals surface area contributed by atoms with Gasteiger partial charge in [0.2, 0.25) is 5.95 Å². The number of nitrogens with zero attached hydrogens (tertiary/aromatic N) is 2. The van der Waals surface area contributed by atoms with E-state index in [4.69, 9.17) is 16.2 Å². The zero-order chi connectivity index (χ0) is 18.6. The fourth-order valence-corrected chi connectivity index (χ4v) is 2.81. The highest BCUT2D eigenvalue weighted by atomic mass is 16.5. The molecule has 6 N–H and O–H groups in total. The minimum atomic E-state index is -0.591. The zero-order valence-electron chi connectivity index (χ0n) is 14.8. The van der Waals surface area contributed by atoms with E-state index in [1.165, 1.54) is 6.20 Å². The van der Waals surface area contributed by atoms with E-state index in [9.17, 15) is 4.79 Å². The first-order valence-corrected chi connectivity index (χ1v) is 8.56. The molecule has 1 saturated heterocycles. The smallest absolute Gasteiger partial charge is 0.254 e. The van der Waals surface area contributed by atoms with Gasteiger partial charge in [-0.05, 0) is 37.5 Å². The predicted octanol–water partition coefficient (Wildman–Crippen LogP) is 1.55. The third kappa shape index (κ3) is 4.47. The molecule has 2 heterocycles. The van der Waals surface area contributed by atoms with Gasteiger partial charge in [0.05, 0.1) is 0 Å². The summed E-state index contributed by atoms with van der Waals surface area (Å²) in [4.78, 5) is 20.3. The van der Waals surface area contributed by atoms with Gasteiger partial charge in [0.25, 0.3) is 5.91 Å². The highest BCUT2D eigenvalue weighted by Crippen LogP contribution is 2.22. The Morgan fingerprint density at radius 1 is 1.35 bits per heavy atom. The molecule has 1 aromatic carbocycles. The molecular formula is C18H24N6O2. The maximum atomic E-state index is 11.7. The number of carbonyl (C=O) groups is 1. The number of aryl methyl sites for hydroxylation is 1. The van der Waals surface area contributed by atoms with Crippen molar-refractivity contribution >= 4 is 23.4 Å². The van der Waals surface area contributed by atoms with Crippen LogP contribution in [0.15, 0.2) is 30.5 Å². The second-order valence-corrected chi connectivity index (χ2v) is 6.64. The van der Waals surface area contributed by atoms with Crippen LogP contribution in [-0.2, 0) is 4.74 Å². The summed E-state index contributed by atoms with van der Waals surface area (Å²) in [5, 5.41) is 6.30. The maximum Gasteiger partial charge on any atom is 0.254 e. The van der Waals surface area contributed by atoms with Crippen LogP contribution in [0.4, 0.5) is 17.5 Å². The van der Waals surface area contributed by atoms with Crippen molar-refractivity contribution in [3.05, 3.63) is 41.6 Å². The Labute approximate surface area is 152 Å². The van der Waals surface area contributed by atoms with E-state index in [1.54, 1.807) is 0 Å². The van der Waals surface area contributed by atoms with E-state index < -0.39 is 5.91 Å². The van der Waals surface area contributed by atoms with Gasteiger partial charge in [-0.25, -0.2) is 4.98 Å². The summed E-state index contributed by atoms with van der Waals surface area (Å²) in [7, 11) is 0. The average molecular weight is 356 g/mol. The monoisotopic (exact) mass is 356 g/mol. The molecule has 1 amide bonds. The number of aromatic nitrogens is 2. The van der Waals surface area contributed by atoms with Crippen LogP contribution >= 0.6 is 0 Å². The van der Waals surface area contributed by atoms with Crippen LogP contribution in [0.25, 0.3) is 0 Å². The van der Waals surface area contributed by atoms with E-state index in [2.05, 4.69) is 20.6 Å². The van der Waals surface area contributed by atoms with E-state index >= 15 is 0 Å². The number of hydrogen-bond donors (Lipinski definition) is 4. The molecule has 1 fully saturated rings. The first-order valence-electron chi connectivity index (χ1n) is 8.56. The summed E-state index contributed by atoms with van der Waals surface area (Å²) in [6, 6.07) is 7.76. The van der Waals surface area contributed by atoms with Crippen LogP contribution in [0.5, 0.6) is 0 Å². The molecule has 0 radical (unpaired) electrons. The average Bonchev–Trinajstić information content (AvgIpc) is 2.61. The topological polar surface area (TPSA) is 128 Å². The molecule has 2 aromatic rings. The number of nitrogens with two attached hydrogens (primary N) is 2. The fraction of sp³-hybridized carbons (Fsp3) is 0.389. The van der Waals surface area contributed by atoms with Crippen molar-refractivity contribution in [3.8, 4) is 0 Å². The first-order chi connectivity index (χ1) is 12.5.